The highest BCUT2D eigenvalue weighted by molar-refractivity contribution is 4.93. The fourth-order valence-electron chi connectivity index (χ4n) is 6.58. The minimum absolute atomic E-state index is 0.690. The summed E-state index contributed by atoms with van der Waals surface area (Å²) in [5.41, 5.74) is 0.690. The van der Waals surface area contributed by atoms with Gasteiger partial charge in [-0.05, 0) is 115 Å². The smallest absolute Gasteiger partial charge is 0.00222 e. The lowest BCUT2D eigenvalue weighted by Crippen LogP contribution is -2.19. The fraction of sp³-hybridized carbons (Fsp3) is 0.838. The van der Waals surface area contributed by atoms with Crippen LogP contribution in [0.4, 0.5) is 0 Å². The molecule has 38 heavy (non-hydrogen) atoms. The van der Waals surface area contributed by atoms with Crippen molar-refractivity contribution in [2.45, 2.75) is 167 Å². The minimum Gasteiger partial charge on any atom is -0.309 e. The number of nitrogens with zero attached hydrogens (tertiary/aromatic N) is 1. The largest absolute Gasteiger partial charge is 0.309 e. The first kappa shape index (κ1) is 35.2. The Morgan fingerprint density at radius 3 is 1.76 bits per heavy atom. The lowest BCUT2D eigenvalue weighted by Gasteiger charge is -2.30. The molecule has 2 unspecified atom stereocenters. The van der Waals surface area contributed by atoms with Gasteiger partial charge in [-0.3, -0.25) is 0 Å². The van der Waals surface area contributed by atoms with Crippen molar-refractivity contribution in [3.63, 3.8) is 0 Å². The van der Waals surface area contributed by atoms with Gasteiger partial charge in [-0.1, -0.05) is 114 Å². The van der Waals surface area contributed by atoms with E-state index in [2.05, 4.69) is 62.9 Å². The second-order valence-corrected chi connectivity index (χ2v) is 13.0. The van der Waals surface area contributed by atoms with Crippen molar-refractivity contribution in [2.75, 3.05) is 20.6 Å². The van der Waals surface area contributed by atoms with Crippen LogP contribution >= 0.6 is 0 Å². The summed E-state index contributed by atoms with van der Waals surface area (Å²) in [7, 11) is 4.47. The quantitative estimate of drug-likeness (QED) is 0.0758. The second-order valence-electron chi connectivity index (χ2n) is 13.0. The minimum atomic E-state index is 0.690. The topological polar surface area (TPSA) is 3.24 Å². The number of unbranched alkanes of at least 4 members (excludes halogenated alkanes) is 15. The predicted molar refractivity (Wildman–Crippen MR) is 174 cm³/mol. The summed E-state index contributed by atoms with van der Waals surface area (Å²) in [4.78, 5) is 2.38. The van der Waals surface area contributed by atoms with E-state index in [4.69, 9.17) is 0 Å². The average molecular weight is 528 g/mol. The standard InChI is InChI=1S/C37H69N/c1-5-7-9-11-13-15-16-17-18-19-20-21-22-24-26-28-32-37(31-27-25-23-14-12-10-8-6-2)33-29-36(35-37)30-34-38(3)4/h6,13,15,17-18,36H,2,5,7-12,14,16,19-35H2,1,3-4H3/b15-13-,18-17-. The summed E-state index contributed by atoms with van der Waals surface area (Å²) in [6.45, 7) is 7.40. The first-order chi connectivity index (χ1) is 18.6. The Balaban J connectivity index is 2.17. The summed E-state index contributed by atoms with van der Waals surface area (Å²) in [6.07, 6.45) is 46.6. The summed E-state index contributed by atoms with van der Waals surface area (Å²) in [6, 6.07) is 0. The normalized spacial score (nSPS) is 19.9. The molecule has 0 aliphatic heterocycles. The molecule has 0 radical (unpaired) electrons. The van der Waals surface area contributed by atoms with Crippen LogP contribution in [0, 0.1) is 11.3 Å². The first-order valence-corrected chi connectivity index (χ1v) is 17.2. The maximum Gasteiger partial charge on any atom is -0.00222 e. The Hall–Kier alpha value is -0.820. The molecule has 1 heteroatoms. The highest BCUT2D eigenvalue weighted by atomic mass is 15.0. The van der Waals surface area contributed by atoms with E-state index in [1.165, 1.54) is 161 Å². The SMILES string of the molecule is C=CCCCCCCCCC1(CCCCCCCC/C=C\C/C=C\CCCCC)CCC(CCN(C)C)C1. The highest BCUT2D eigenvalue weighted by Gasteiger charge is 2.37. The van der Waals surface area contributed by atoms with Gasteiger partial charge in [0.25, 0.3) is 0 Å². The van der Waals surface area contributed by atoms with Crippen molar-refractivity contribution >= 4 is 0 Å². The van der Waals surface area contributed by atoms with Crippen LogP contribution in [-0.2, 0) is 0 Å². The van der Waals surface area contributed by atoms with Crippen LogP contribution in [-0.4, -0.2) is 25.5 Å². The summed E-state index contributed by atoms with van der Waals surface area (Å²) < 4.78 is 0. The van der Waals surface area contributed by atoms with E-state index in [1.807, 2.05) is 0 Å². The van der Waals surface area contributed by atoms with Crippen molar-refractivity contribution < 1.29 is 0 Å². The van der Waals surface area contributed by atoms with E-state index in [-0.39, 0.29) is 0 Å². The van der Waals surface area contributed by atoms with E-state index in [0.29, 0.717) is 5.41 Å². The molecule has 222 valence electrons. The number of hydrogen-bond acceptors (Lipinski definition) is 1. The average Bonchev–Trinajstić information content (AvgIpc) is 3.32. The summed E-state index contributed by atoms with van der Waals surface area (Å²) >= 11 is 0. The van der Waals surface area contributed by atoms with Crippen LogP contribution in [0.25, 0.3) is 0 Å². The molecule has 2 atom stereocenters. The zero-order chi connectivity index (χ0) is 27.6. The molecule has 0 heterocycles. The summed E-state index contributed by atoms with van der Waals surface area (Å²) in [5, 5.41) is 0. The molecule has 1 rings (SSSR count). The first-order valence-electron chi connectivity index (χ1n) is 17.2. The van der Waals surface area contributed by atoms with Crippen LogP contribution in [0.2, 0.25) is 0 Å². The fourth-order valence-corrected chi connectivity index (χ4v) is 6.58. The zero-order valence-corrected chi connectivity index (χ0v) is 26.5. The van der Waals surface area contributed by atoms with Gasteiger partial charge in [0.1, 0.15) is 0 Å². The molecule has 1 aliphatic carbocycles. The van der Waals surface area contributed by atoms with Crippen LogP contribution in [0.5, 0.6) is 0 Å². The Kier molecular flexibility index (Phi) is 23.3. The van der Waals surface area contributed by atoms with E-state index in [0.717, 1.165) is 12.3 Å². The van der Waals surface area contributed by atoms with Gasteiger partial charge >= 0.3 is 0 Å². The molecule has 1 saturated carbocycles. The number of rotatable bonds is 27. The van der Waals surface area contributed by atoms with E-state index in [9.17, 15) is 0 Å². The lowest BCUT2D eigenvalue weighted by atomic mass is 9.75. The van der Waals surface area contributed by atoms with Crippen molar-refractivity contribution in [1.82, 2.24) is 4.90 Å². The Morgan fingerprint density at radius 2 is 1.21 bits per heavy atom. The Bertz CT molecular complexity index is 573. The van der Waals surface area contributed by atoms with Crippen molar-refractivity contribution in [1.29, 1.82) is 0 Å². The van der Waals surface area contributed by atoms with Crippen LogP contribution < -0.4 is 0 Å². The molecule has 1 aliphatic rings. The van der Waals surface area contributed by atoms with E-state index >= 15 is 0 Å². The molecule has 0 aromatic heterocycles. The van der Waals surface area contributed by atoms with Gasteiger partial charge in [0.05, 0.1) is 0 Å². The molecule has 1 fully saturated rings. The Labute approximate surface area is 241 Å². The van der Waals surface area contributed by atoms with E-state index < -0.39 is 0 Å². The van der Waals surface area contributed by atoms with Crippen LogP contribution in [0.3, 0.4) is 0 Å². The summed E-state index contributed by atoms with van der Waals surface area (Å²) in [5.74, 6) is 0.987. The molecule has 0 amide bonds. The molecule has 0 saturated heterocycles. The number of allylic oxidation sites excluding steroid dienone is 5. The van der Waals surface area contributed by atoms with Gasteiger partial charge in [-0.2, -0.15) is 0 Å². The molecule has 0 aromatic carbocycles. The van der Waals surface area contributed by atoms with Gasteiger partial charge in [0.15, 0.2) is 0 Å². The maximum atomic E-state index is 3.85. The third-order valence-corrected chi connectivity index (χ3v) is 9.06. The third-order valence-electron chi connectivity index (χ3n) is 9.06. The van der Waals surface area contributed by atoms with Crippen LogP contribution in [0.15, 0.2) is 37.0 Å². The van der Waals surface area contributed by atoms with Crippen molar-refractivity contribution in [3.8, 4) is 0 Å². The Morgan fingerprint density at radius 1 is 0.684 bits per heavy atom. The van der Waals surface area contributed by atoms with Crippen LogP contribution in [0.1, 0.15) is 167 Å². The predicted octanol–water partition coefficient (Wildman–Crippen LogP) is 12.2. The molecule has 1 nitrogen and oxygen atoms in total. The second kappa shape index (κ2) is 25.2. The van der Waals surface area contributed by atoms with Gasteiger partial charge in [0, 0.05) is 0 Å². The molecule has 0 bridgehead atoms. The molecule has 0 N–H and O–H groups in total. The maximum absolute atomic E-state index is 3.85. The van der Waals surface area contributed by atoms with Gasteiger partial charge in [0.2, 0.25) is 0 Å². The zero-order valence-electron chi connectivity index (χ0n) is 26.5. The highest BCUT2D eigenvalue weighted by Crippen LogP contribution is 2.50. The molecule has 0 spiro atoms. The lowest BCUT2D eigenvalue weighted by molar-refractivity contribution is 0.215. The monoisotopic (exact) mass is 528 g/mol. The van der Waals surface area contributed by atoms with Gasteiger partial charge in [-0.25, -0.2) is 0 Å². The van der Waals surface area contributed by atoms with E-state index in [1.54, 1.807) is 0 Å². The molecular formula is C37H69N. The van der Waals surface area contributed by atoms with Gasteiger partial charge < -0.3 is 4.90 Å². The third kappa shape index (κ3) is 20.1. The molecule has 0 aromatic rings. The van der Waals surface area contributed by atoms with Gasteiger partial charge in [-0.15, -0.1) is 6.58 Å². The van der Waals surface area contributed by atoms with Crippen molar-refractivity contribution in [2.24, 2.45) is 11.3 Å². The number of hydrogen-bond donors (Lipinski definition) is 0. The molecular weight excluding hydrogens is 458 g/mol. The van der Waals surface area contributed by atoms with Crippen molar-refractivity contribution in [3.05, 3.63) is 37.0 Å².